The summed E-state index contributed by atoms with van der Waals surface area (Å²) in [6, 6.07) is 27.1. The minimum absolute atomic E-state index is 0.254. The molecule has 6 aromatic rings. The average Bonchev–Trinajstić information content (AvgIpc) is 3.58. The second kappa shape index (κ2) is 11.3. The van der Waals surface area contributed by atoms with Gasteiger partial charge in [0.05, 0.1) is 17.5 Å². The molecular formula is C34H31FN4O4S. The number of fused-ring (bicyclic) bond motifs is 2. The van der Waals surface area contributed by atoms with Crippen LogP contribution >= 0.6 is 0 Å². The molecule has 0 aliphatic rings. The van der Waals surface area contributed by atoms with Crippen molar-refractivity contribution in [3.8, 4) is 33.7 Å². The lowest BCUT2D eigenvalue weighted by Gasteiger charge is -2.21. The molecule has 2 heterocycles. The van der Waals surface area contributed by atoms with Crippen LogP contribution < -0.4 is 15.4 Å². The largest absolute Gasteiger partial charge is 0.455 e. The van der Waals surface area contributed by atoms with Crippen LogP contribution in [0.4, 0.5) is 10.1 Å². The fourth-order valence-corrected chi connectivity index (χ4v) is 6.13. The van der Waals surface area contributed by atoms with Crippen molar-refractivity contribution in [3.05, 3.63) is 102 Å². The summed E-state index contributed by atoms with van der Waals surface area (Å²) in [5, 5.41) is 4.25. The van der Waals surface area contributed by atoms with E-state index in [4.69, 9.17) is 10.2 Å². The van der Waals surface area contributed by atoms with Gasteiger partial charge in [-0.05, 0) is 59.7 Å². The van der Waals surface area contributed by atoms with Crippen molar-refractivity contribution in [1.29, 1.82) is 0 Å². The molecule has 3 N–H and O–H groups in total. The molecule has 0 aliphatic heterocycles. The fourth-order valence-electron chi connectivity index (χ4n) is 5.62. The predicted molar refractivity (Wildman–Crippen MR) is 174 cm³/mol. The Morgan fingerprint density at radius 1 is 0.955 bits per heavy atom. The highest BCUT2D eigenvalue weighted by molar-refractivity contribution is 7.92. The first kappa shape index (κ1) is 29.2. The van der Waals surface area contributed by atoms with E-state index in [9.17, 15) is 17.6 Å². The topological polar surface area (TPSA) is 111 Å². The summed E-state index contributed by atoms with van der Waals surface area (Å²) in [4.78, 5) is 13.2. The average molecular weight is 611 g/mol. The lowest BCUT2D eigenvalue weighted by molar-refractivity contribution is 0.0964. The second-order valence-electron chi connectivity index (χ2n) is 10.6. The molecule has 4 aromatic carbocycles. The minimum atomic E-state index is -3.68. The van der Waals surface area contributed by atoms with Crippen LogP contribution in [-0.4, -0.2) is 45.8 Å². The number of nitrogens with one attached hydrogen (secondary N) is 1. The van der Waals surface area contributed by atoms with Crippen molar-refractivity contribution in [2.24, 2.45) is 5.73 Å². The summed E-state index contributed by atoms with van der Waals surface area (Å²) in [7, 11) is -0.679. The lowest BCUT2D eigenvalue weighted by Crippen LogP contribution is -2.25. The Hall–Kier alpha value is -4.93. The molecule has 0 fully saturated rings. The number of sulfonamides is 1. The van der Waals surface area contributed by atoms with E-state index in [1.165, 1.54) is 42.7 Å². The summed E-state index contributed by atoms with van der Waals surface area (Å²) in [6.45, 7) is 1.09. The van der Waals surface area contributed by atoms with E-state index in [1.54, 1.807) is 12.1 Å². The van der Waals surface area contributed by atoms with E-state index >= 15 is 0 Å². The van der Waals surface area contributed by atoms with Crippen molar-refractivity contribution in [3.63, 3.8) is 0 Å². The number of nitrogens with zero attached hydrogens (tertiary/aromatic N) is 2. The van der Waals surface area contributed by atoms with Crippen molar-refractivity contribution in [2.75, 3.05) is 31.2 Å². The maximum atomic E-state index is 13.7. The lowest BCUT2D eigenvalue weighted by atomic mass is 9.96. The predicted octanol–water partition coefficient (Wildman–Crippen LogP) is 6.24. The van der Waals surface area contributed by atoms with E-state index in [1.807, 2.05) is 36.4 Å². The Morgan fingerprint density at radius 2 is 1.68 bits per heavy atom. The number of furan rings is 1. The van der Waals surface area contributed by atoms with Crippen LogP contribution in [0.2, 0.25) is 0 Å². The number of hydrogen-bond donors (Lipinski definition) is 2. The van der Waals surface area contributed by atoms with Crippen LogP contribution in [0.5, 0.6) is 0 Å². The van der Waals surface area contributed by atoms with Gasteiger partial charge in [-0.1, -0.05) is 36.4 Å². The molecular weight excluding hydrogens is 579 g/mol. The van der Waals surface area contributed by atoms with E-state index < -0.39 is 21.7 Å². The molecule has 0 unspecified atom stereocenters. The number of para-hydroxylation sites is 1. The normalized spacial score (nSPS) is 11.8. The van der Waals surface area contributed by atoms with Crippen LogP contribution in [0.25, 0.3) is 55.6 Å². The number of aromatic nitrogens is 1. The molecule has 0 bridgehead atoms. The molecule has 0 atom stereocenters. The van der Waals surface area contributed by atoms with Crippen molar-refractivity contribution in [2.45, 2.75) is 6.54 Å². The first-order chi connectivity index (χ1) is 21.1. The number of hydrogen-bond acceptors (Lipinski definition) is 5. The number of carbonyl (C=O) groups is 1. The standard InChI is InChI=1S/C34H31FN4O4S/c1-37-34(40)32-27-19-26(22-8-6-9-23(17-22)29-18-24-7-4-5-10-28(24)39(29)16-15-36)30(38(2)44(3,41)42)20-31(27)43-33(32)21-11-13-25(35)14-12-21/h4-14,17-20H,15-16,36H2,1-3H3,(H,37,40). The number of anilines is 1. The van der Waals surface area contributed by atoms with E-state index in [0.29, 0.717) is 40.9 Å². The van der Waals surface area contributed by atoms with Gasteiger partial charge in [-0.2, -0.15) is 0 Å². The smallest absolute Gasteiger partial charge is 0.255 e. The monoisotopic (exact) mass is 610 g/mol. The van der Waals surface area contributed by atoms with Gasteiger partial charge in [0.1, 0.15) is 17.2 Å². The summed E-state index contributed by atoms with van der Waals surface area (Å²) < 4.78 is 48.9. The molecule has 0 aliphatic carbocycles. The van der Waals surface area contributed by atoms with Gasteiger partial charge in [-0.25, -0.2) is 12.8 Å². The van der Waals surface area contributed by atoms with Crippen LogP contribution in [0, 0.1) is 5.82 Å². The number of carbonyl (C=O) groups excluding carboxylic acids is 1. The van der Waals surface area contributed by atoms with Gasteiger partial charge in [0.25, 0.3) is 5.91 Å². The molecule has 10 heteroatoms. The third kappa shape index (κ3) is 5.12. The maximum Gasteiger partial charge on any atom is 0.255 e. The van der Waals surface area contributed by atoms with Crippen molar-refractivity contribution in [1.82, 2.24) is 9.88 Å². The summed E-state index contributed by atoms with van der Waals surface area (Å²) >= 11 is 0. The summed E-state index contributed by atoms with van der Waals surface area (Å²) in [6.07, 6.45) is 1.13. The molecule has 44 heavy (non-hydrogen) atoms. The van der Waals surface area contributed by atoms with Gasteiger partial charge in [-0.3, -0.25) is 9.10 Å². The number of halogens is 1. The van der Waals surface area contributed by atoms with Crippen LogP contribution in [0.15, 0.2) is 95.4 Å². The fraction of sp³-hybridized carbons (Fsp3) is 0.147. The van der Waals surface area contributed by atoms with Crippen molar-refractivity contribution < 1.29 is 22.0 Å². The zero-order valence-corrected chi connectivity index (χ0v) is 25.3. The summed E-state index contributed by atoms with van der Waals surface area (Å²) in [5.41, 5.74) is 11.8. The van der Waals surface area contributed by atoms with Gasteiger partial charge in [0, 0.05) is 66.4 Å². The molecule has 6 rings (SSSR count). The Kier molecular flexibility index (Phi) is 7.48. The molecule has 1 amide bonds. The van der Waals surface area contributed by atoms with Gasteiger partial charge in [-0.15, -0.1) is 0 Å². The Bertz CT molecular complexity index is 2150. The second-order valence-corrected chi connectivity index (χ2v) is 12.6. The van der Waals surface area contributed by atoms with Gasteiger partial charge in [0.15, 0.2) is 0 Å². The van der Waals surface area contributed by atoms with Crippen molar-refractivity contribution >= 4 is 43.5 Å². The third-order valence-corrected chi connectivity index (χ3v) is 9.03. The Morgan fingerprint density at radius 3 is 2.39 bits per heavy atom. The highest BCUT2D eigenvalue weighted by Gasteiger charge is 2.26. The van der Waals surface area contributed by atoms with E-state index in [0.717, 1.165) is 34.0 Å². The first-order valence-corrected chi connectivity index (χ1v) is 15.9. The Balaban J connectivity index is 1.62. The van der Waals surface area contributed by atoms with Crippen LogP contribution in [-0.2, 0) is 16.6 Å². The molecule has 0 spiro atoms. The molecule has 0 saturated carbocycles. The highest BCUT2D eigenvalue weighted by atomic mass is 32.2. The first-order valence-electron chi connectivity index (χ1n) is 14.0. The Labute approximate surface area is 254 Å². The third-order valence-electron chi connectivity index (χ3n) is 7.84. The zero-order valence-electron chi connectivity index (χ0n) is 24.5. The van der Waals surface area contributed by atoms with Crippen LogP contribution in [0.3, 0.4) is 0 Å². The number of nitrogens with two attached hydrogens (primary N) is 1. The highest BCUT2D eigenvalue weighted by Crippen LogP contribution is 2.42. The number of benzene rings is 4. The van der Waals surface area contributed by atoms with E-state index in [-0.39, 0.29) is 11.3 Å². The molecule has 8 nitrogen and oxygen atoms in total. The quantitative estimate of drug-likeness (QED) is 0.212. The SMILES string of the molecule is CNC(=O)c1c(-c2ccc(F)cc2)oc2cc(N(C)S(C)(=O)=O)c(-c3cccc(-c4cc5ccccc5n4CCN)c3)cc12. The van der Waals surface area contributed by atoms with Crippen LogP contribution in [0.1, 0.15) is 10.4 Å². The molecule has 0 radical (unpaired) electrons. The van der Waals surface area contributed by atoms with E-state index in [2.05, 4.69) is 28.1 Å². The van der Waals surface area contributed by atoms with Gasteiger partial charge in [0.2, 0.25) is 10.0 Å². The minimum Gasteiger partial charge on any atom is -0.455 e. The molecule has 2 aromatic heterocycles. The molecule has 0 saturated heterocycles. The van der Waals surface area contributed by atoms with Gasteiger partial charge < -0.3 is 20.0 Å². The number of rotatable bonds is 8. The summed E-state index contributed by atoms with van der Waals surface area (Å²) in [5.74, 6) is -0.557. The zero-order chi connectivity index (χ0) is 31.2. The maximum absolute atomic E-state index is 13.7. The van der Waals surface area contributed by atoms with Gasteiger partial charge >= 0.3 is 0 Å². The number of amides is 1. The molecule has 224 valence electrons.